The van der Waals surface area contributed by atoms with Crippen LogP contribution < -0.4 is 15.1 Å². The van der Waals surface area contributed by atoms with E-state index in [-0.39, 0.29) is 23.5 Å². The van der Waals surface area contributed by atoms with Gasteiger partial charge in [0.05, 0.1) is 11.0 Å². The van der Waals surface area contributed by atoms with Crippen LogP contribution in [-0.4, -0.2) is 100 Å². The number of aromatic nitrogens is 2. The summed E-state index contributed by atoms with van der Waals surface area (Å²) in [4.78, 5) is 49.0. The van der Waals surface area contributed by atoms with Crippen LogP contribution in [0.4, 0.5) is 16.2 Å². The van der Waals surface area contributed by atoms with E-state index in [2.05, 4.69) is 38.1 Å². The standard InChI is InChI=1S/C20H25N3O4.C15H17N3O2/c1-13-12-22(9-10-23(13)19(26)27-20(2,3)4)15-6-8-16-14(11-15)5-7-17(21-16)18(24)25;1-10-9-18(7-6-16-10)12-3-5-13-11(8-12)2-4-14(17-13)15(19)20/h5-8,11,13H,9-10,12H2,1-4H3,(H,24,25);2-5,8,10,16H,6-7,9H2,1H3,(H,19,20). The van der Waals surface area contributed by atoms with E-state index in [1.165, 1.54) is 6.07 Å². The Labute approximate surface area is 274 Å². The fourth-order valence-corrected chi connectivity index (χ4v) is 5.81. The Bertz CT molecular complexity index is 1790. The molecule has 1 amide bonds. The molecule has 0 radical (unpaired) electrons. The zero-order chi connectivity index (χ0) is 33.9. The molecule has 12 heteroatoms. The number of aromatic carboxylic acids is 2. The molecule has 2 atom stereocenters. The van der Waals surface area contributed by atoms with Gasteiger partial charge in [0.15, 0.2) is 0 Å². The highest BCUT2D eigenvalue weighted by molar-refractivity contribution is 5.91. The number of carbonyl (C=O) groups excluding carboxylic acids is 1. The van der Waals surface area contributed by atoms with Crippen LogP contribution in [0.2, 0.25) is 0 Å². The first kappa shape index (κ1) is 33.4. The van der Waals surface area contributed by atoms with Crippen molar-refractivity contribution in [2.24, 2.45) is 0 Å². The van der Waals surface area contributed by atoms with Crippen LogP contribution in [0.25, 0.3) is 21.8 Å². The molecule has 4 aromatic rings. The van der Waals surface area contributed by atoms with Crippen molar-refractivity contribution in [3.05, 3.63) is 72.1 Å². The van der Waals surface area contributed by atoms with Crippen LogP contribution in [0.1, 0.15) is 55.6 Å². The van der Waals surface area contributed by atoms with E-state index in [0.29, 0.717) is 31.2 Å². The third kappa shape index (κ3) is 8.25. The zero-order valence-electron chi connectivity index (χ0n) is 27.4. The SMILES string of the molecule is CC1CN(c2ccc3nc(C(=O)O)ccc3c2)CCN1.CC1CN(c2ccc3nc(C(=O)O)ccc3c2)CCN1C(=O)OC(C)(C)C. The maximum absolute atomic E-state index is 12.4. The summed E-state index contributed by atoms with van der Waals surface area (Å²) in [7, 11) is 0. The quantitative estimate of drug-likeness (QED) is 0.273. The predicted octanol–water partition coefficient (Wildman–Crippen LogP) is 5.11. The normalized spacial score (nSPS) is 18.4. The van der Waals surface area contributed by atoms with E-state index in [1.807, 2.05) is 64.1 Å². The number of pyridine rings is 2. The van der Waals surface area contributed by atoms with Crippen LogP contribution in [0.3, 0.4) is 0 Å². The summed E-state index contributed by atoms with van der Waals surface area (Å²) in [5.74, 6) is -2.03. The van der Waals surface area contributed by atoms with E-state index >= 15 is 0 Å². The van der Waals surface area contributed by atoms with Crippen molar-refractivity contribution in [2.75, 3.05) is 49.1 Å². The van der Waals surface area contributed by atoms with Crippen molar-refractivity contribution in [3.63, 3.8) is 0 Å². The summed E-state index contributed by atoms with van der Waals surface area (Å²) < 4.78 is 5.49. The molecule has 2 aromatic heterocycles. The molecule has 2 aromatic carbocycles. The lowest BCUT2D eigenvalue weighted by Gasteiger charge is -2.41. The van der Waals surface area contributed by atoms with E-state index in [4.69, 9.17) is 14.9 Å². The Kier molecular flexibility index (Phi) is 9.80. The van der Waals surface area contributed by atoms with Gasteiger partial charge in [-0.1, -0.05) is 12.1 Å². The molecule has 0 spiro atoms. The smallest absolute Gasteiger partial charge is 0.410 e. The van der Waals surface area contributed by atoms with E-state index < -0.39 is 17.5 Å². The second kappa shape index (κ2) is 13.8. The van der Waals surface area contributed by atoms with Crippen LogP contribution >= 0.6 is 0 Å². The summed E-state index contributed by atoms with van der Waals surface area (Å²) in [6.07, 6.45) is -0.279. The number of fused-ring (bicyclic) bond motifs is 2. The molecule has 2 saturated heterocycles. The molecule has 12 nitrogen and oxygen atoms in total. The number of amides is 1. The van der Waals surface area contributed by atoms with Crippen molar-refractivity contribution < 1.29 is 29.3 Å². The van der Waals surface area contributed by atoms with Crippen LogP contribution in [0, 0.1) is 0 Å². The summed E-state index contributed by atoms with van der Waals surface area (Å²) in [5, 5.41) is 23.3. The Morgan fingerprint density at radius 3 is 1.77 bits per heavy atom. The van der Waals surface area contributed by atoms with Crippen molar-refractivity contribution in [1.29, 1.82) is 0 Å². The molecular formula is C35H42N6O6. The van der Waals surface area contributed by atoms with Crippen molar-refractivity contribution >= 4 is 51.2 Å². The van der Waals surface area contributed by atoms with Gasteiger partial charge in [-0.2, -0.15) is 0 Å². The van der Waals surface area contributed by atoms with Crippen LogP contribution in [-0.2, 0) is 4.74 Å². The van der Waals surface area contributed by atoms with Crippen molar-refractivity contribution in [2.45, 2.75) is 52.3 Å². The molecule has 6 rings (SSSR count). The number of benzene rings is 2. The second-order valence-corrected chi connectivity index (χ2v) is 13.0. The number of hydrogen-bond acceptors (Lipinski definition) is 9. The molecule has 248 valence electrons. The number of piperazine rings is 2. The van der Waals surface area contributed by atoms with Gasteiger partial charge >= 0.3 is 18.0 Å². The third-order valence-corrected chi connectivity index (χ3v) is 8.14. The van der Waals surface area contributed by atoms with Gasteiger partial charge in [-0.05, 0) is 83.1 Å². The first-order valence-corrected chi connectivity index (χ1v) is 15.8. The number of anilines is 2. The molecule has 4 heterocycles. The number of carboxylic acids is 2. The number of nitrogens with one attached hydrogen (secondary N) is 1. The number of rotatable bonds is 4. The zero-order valence-corrected chi connectivity index (χ0v) is 27.4. The van der Waals surface area contributed by atoms with Crippen molar-refractivity contribution in [1.82, 2.24) is 20.2 Å². The molecule has 47 heavy (non-hydrogen) atoms. The monoisotopic (exact) mass is 642 g/mol. The average molecular weight is 643 g/mol. The third-order valence-electron chi connectivity index (χ3n) is 8.14. The van der Waals surface area contributed by atoms with Gasteiger partial charge in [0.25, 0.3) is 0 Å². The summed E-state index contributed by atoms with van der Waals surface area (Å²) in [6.45, 7) is 14.7. The number of nitrogens with zero attached hydrogens (tertiary/aromatic N) is 5. The van der Waals surface area contributed by atoms with Gasteiger partial charge in [0.2, 0.25) is 0 Å². The van der Waals surface area contributed by atoms with E-state index in [0.717, 1.165) is 47.3 Å². The van der Waals surface area contributed by atoms with Gasteiger partial charge in [0.1, 0.15) is 17.0 Å². The van der Waals surface area contributed by atoms with E-state index in [9.17, 15) is 14.4 Å². The highest BCUT2D eigenvalue weighted by Gasteiger charge is 2.31. The Morgan fingerprint density at radius 2 is 1.30 bits per heavy atom. The first-order valence-electron chi connectivity index (χ1n) is 15.8. The molecule has 2 unspecified atom stereocenters. The number of hydrogen-bond donors (Lipinski definition) is 3. The van der Waals surface area contributed by atoms with Crippen LogP contribution in [0.5, 0.6) is 0 Å². The van der Waals surface area contributed by atoms with Gasteiger partial charge in [-0.15, -0.1) is 0 Å². The largest absolute Gasteiger partial charge is 0.477 e. The first-order chi connectivity index (χ1) is 22.3. The summed E-state index contributed by atoms with van der Waals surface area (Å²) >= 11 is 0. The second-order valence-electron chi connectivity index (χ2n) is 13.0. The minimum absolute atomic E-state index is 0.0248. The summed E-state index contributed by atoms with van der Waals surface area (Å²) in [6, 6.07) is 18.9. The fourth-order valence-electron chi connectivity index (χ4n) is 5.81. The predicted molar refractivity (Wildman–Crippen MR) is 182 cm³/mol. The van der Waals surface area contributed by atoms with Gasteiger partial charge < -0.3 is 35.0 Å². The Balaban J connectivity index is 0.000000193. The molecule has 3 N–H and O–H groups in total. The average Bonchev–Trinajstić information content (AvgIpc) is 3.03. The van der Waals surface area contributed by atoms with Gasteiger partial charge in [-0.25, -0.2) is 24.4 Å². The maximum Gasteiger partial charge on any atom is 0.410 e. The molecule has 0 aliphatic carbocycles. The highest BCUT2D eigenvalue weighted by Crippen LogP contribution is 2.26. The number of carbonyl (C=O) groups is 3. The minimum atomic E-state index is -1.03. The minimum Gasteiger partial charge on any atom is -0.477 e. The molecule has 2 aliphatic rings. The van der Waals surface area contributed by atoms with Gasteiger partial charge in [0, 0.05) is 73.5 Å². The molecule has 0 bridgehead atoms. The number of carboxylic acid groups (broad SMARTS) is 2. The lowest BCUT2D eigenvalue weighted by molar-refractivity contribution is 0.0158. The van der Waals surface area contributed by atoms with Gasteiger partial charge in [-0.3, -0.25) is 0 Å². The highest BCUT2D eigenvalue weighted by atomic mass is 16.6. The summed E-state index contributed by atoms with van der Waals surface area (Å²) in [5.41, 5.74) is 3.18. The lowest BCUT2D eigenvalue weighted by Crippen LogP contribution is -2.55. The lowest BCUT2D eigenvalue weighted by atomic mass is 10.1. The van der Waals surface area contributed by atoms with E-state index in [1.54, 1.807) is 17.0 Å². The van der Waals surface area contributed by atoms with Crippen molar-refractivity contribution in [3.8, 4) is 0 Å². The van der Waals surface area contributed by atoms with Crippen LogP contribution in [0.15, 0.2) is 60.7 Å². The molecule has 2 fully saturated rings. The Morgan fingerprint density at radius 1 is 0.766 bits per heavy atom. The Hall–Kier alpha value is -4.97. The molecular weight excluding hydrogens is 600 g/mol. The fraction of sp³-hybridized carbons (Fsp3) is 0.400. The molecule has 0 saturated carbocycles. The maximum atomic E-state index is 12.4. The molecule has 2 aliphatic heterocycles. The topological polar surface area (TPSA) is 148 Å². The number of ether oxygens (including phenoxy) is 1.